The topological polar surface area (TPSA) is 100 Å². The first kappa shape index (κ1) is 22.2. The minimum atomic E-state index is -3.46. The molecule has 1 atom stereocenters. The summed E-state index contributed by atoms with van der Waals surface area (Å²) in [6, 6.07) is 15.4. The number of hydrogen-bond acceptors (Lipinski definition) is 5. The van der Waals surface area contributed by atoms with E-state index in [1.54, 1.807) is 54.6 Å². The van der Waals surface area contributed by atoms with Gasteiger partial charge in [0.2, 0.25) is 15.9 Å². The van der Waals surface area contributed by atoms with Gasteiger partial charge in [0.1, 0.15) is 25.0 Å². The molecule has 0 aliphatic carbocycles. The molecule has 3 N–H and O–H groups in total. The van der Waals surface area contributed by atoms with Crippen LogP contribution < -0.4 is 15.0 Å². The van der Waals surface area contributed by atoms with Gasteiger partial charge >= 0.3 is 0 Å². The summed E-state index contributed by atoms with van der Waals surface area (Å²) in [5.74, 6) is 0.468. The predicted octanol–water partition coefficient (Wildman–Crippen LogP) is -0.0259. The number of aliphatic hydroxyl groups excluding tert-OH is 1. The molecule has 0 saturated carbocycles. The third-order valence-corrected chi connectivity index (χ3v) is 6.86. The first-order valence-electron chi connectivity index (χ1n) is 9.92. The SMILES string of the molecule is CC(=O)Nc1ccc(OC[C@H](O)C[NH+]2CCN(S(=O)(=O)c3ccccc3)CC2)cc1. The molecule has 1 amide bonds. The second-order valence-corrected chi connectivity index (χ2v) is 9.28. The Hall–Kier alpha value is -2.46. The van der Waals surface area contributed by atoms with E-state index in [0.717, 1.165) is 4.90 Å². The summed E-state index contributed by atoms with van der Waals surface area (Å²) in [5.41, 5.74) is 0.683. The minimum Gasteiger partial charge on any atom is -0.491 e. The van der Waals surface area contributed by atoms with Gasteiger partial charge < -0.3 is 20.1 Å². The molecular weight excluding hydrogens is 406 g/mol. The van der Waals surface area contributed by atoms with Crippen LogP contribution in [0.5, 0.6) is 5.75 Å². The van der Waals surface area contributed by atoms with Crippen molar-refractivity contribution >= 4 is 21.6 Å². The highest BCUT2D eigenvalue weighted by molar-refractivity contribution is 7.89. The number of rotatable bonds is 8. The Morgan fingerprint density at radius 2 is 1.77 bits per heavy atom. The number of benzene rings is 2. The Morgan fingerprint density at radius 3 is 2.37 bits per heavy atom. The number of ether oxygens (including phenoxy) is 1. The van der Waals surface area contributed by atoms with Gasteiger partial charge in [0.15, 0.2) is 0 Å². The zero-order valence-electron chi connectivity index (χ0n) is 17.0. The Bertz CT molecular complexity index is 927. The van der Waals surface area contributed by atoms with Crippen molar-refractivity contribution in [3.8, 4) is 5.75 Å². The number of hydrogen-bond donors (Lipinski definition) is 3. The molecule has 9 heteroatoms. The molecular formula is C21H28N3O5S+. The van der Waals surface area contributed by atoms with E-state index in [2.05, 4.69) is 5.32 Å². The molecule has 2 aromatic carbocycles. The third-order valence-electron chi connectivity index (χ3n) is 4.95. The van der Waals surface area contributed by atoms with Crippen molar-refractivity contribution in [1.29, 1.82) is 0 Å². The molecule has 1 aliphatic heterocycles. The number of anilines is 1. The minimum absolute atomic E-state index is 0.140. The van der Waals surface area contributed by atoms with Crippen LogP contribution in [0.4, 0.5) is 5.69 Å². The van der Waals surface area contributed by atoms with Crippen molar-refractivity contribution in [2.75, 3.05) is 44.6 Å². The van der Waals surface area contributed by atoms with E-state index in [1.807, 2.05) is 0 Å². The predicted molar refractivity (Wildman–Crippen MR) is 113 cm³/mol. The van der Waals surface area contributed by atoms with Gasteiger partial charge in [-0.2, -0.15) is 4.31 Å². The maximum atomic E-state index is 12.7. The lowest BCUT2D eigenvalue weighted by Gasteiger charge is -2.32. The maximum absolute atomic E-state index is 12.7. The molecule has 1 fully saturated rings. The molecule has 1 saturated heterocycles. The molecule has 2 aromatic rings. The van der Waals surface area contributed by atoms with E-state index in [1.165, 1.54) is 11.2 Å². The second-order valence-electron chi connectivity index (χ2n) is 7.34. The molecule has 8 nitrogen and oxygen atoms in total. The van der Waals surface area contributed by atoms with Crippen LogP contribution in [0.1, 0.15) is 6.92 Å². The van der Waals surface area contributed by atoms with Gasteiger partial charge in [0.05, 0.1) is 31.1 Å². The molecule has 0 spiro atoms. The van der Waals surface area contributed by atoms with E-state index >= 15 is 0 Å². The standard InChI is InChI=1S/C21H27N3O5S/c1-17(25)22-18-7-9-20(10-8-18)29-16-19(26)15-23-11-13-24(14-12-23)30(27,28)21-5-3-2-4-6-21/h2-10,19,26H,11-16H2,1H3,(H,22,25)/p+1/t19-/m1/s1. The summed E-state index contributed by atoms with van der Waals surface area (Å²) in [6.45, 7) is 4.19. The fourth-order valence-electron chi connectivity index (χ4n) is 3.41. The summed E-state index contributed by atoms with van der Waals surface area (Å²) in [7, 11) is -3.46. The van der Waals surface area contributed by atoms with Crippen molar-refractivity contribution in [2.24, 2.45) is 0 Å². The number of sulfonamides is 1. The molecule has 0 aromatic heterocycles. The van der Waals surface area contributed by atoms with Crippen molar-refractivity contribution in [1.82, 2.24) is 4.31 Å². The quantitative estimate of drug-likeness (QED) is 0.542. The van der Waals surface area contributed by atoms with E-state index in [0.29, 0.717) is 49.1 Å². The highest BCUT2D eigenvalue weighted by atomic mass is 32.2. The first-order chi connectivity index (χ1) is 14.3. The largest absolute Gasteiger partial charge is 0.491 e. The van der Waals surface area contributed by atoms with Gasteiger partial charge in [0, 0.05) is 12.6 Å². The molecule has 0 bridgehead atoms. The number of nitrogens with zero attached hydrogens (tertiary/aromatic N) is 1. The number of aliphatic hydroxyl groups is 1. The van der Waals surface area contributed by atoms with Gasteiger partial charge in [0.25, 0.3) is 0 Å². The molecule has 3 rings (SSSR count). The van der Waals surface area contributed by atoms with Crippen molar-refractivity contribution in [3.63, 3.8) is 0 Å². The average Bonchev–Trinajstić information content (AvgIpc) is 2.74. The fraction of sp³-hybridized carbons (Fsp3) is 0.381. The molecule has 0 radical (unpaired) electrons. The van der Waals surface area contributed by atoms with Crippen LogP contribution in [0.3, 0.4) is 0 Å². The number of nitrogens with one attached hydrogen (secondary N) is 2. The van der Waals surface area contributed by atoms with Crippen LogP contribution in [0.25, 0.3) is 0 Å². The Morgan fingerprint density at radius 1 is 1.13 bits per heavy atom. The summed E-state index contributed by atoms with van der Waals surface area (Å²) >= 11 is 0. The summed E-state index contributed by atoms with van der Waals surface area (Å²) < 4.78 is 32.5. The molecule has 1 heterocycles. The van der Waals surface area contributed by atoms with Gasteiger partial charge in [-0.1, -0.05) is 18.2 Å². The second kappa shape index (κ2) is 10.0. The van der Waals surface area contributed by atoms with Crippen molar-refractivity contribution in [3.05, 3.63) is 54.6 Å². The lowest BCUT2D eigenvalue weighted by atomic mass is 10.3. The zero-order chi connectivity index (χ0) is 21.6. The highest BCUT2D eigenvalue weighted by Gasteiger charge is 2.31. The number of piperazine rings is 1. The zero-order valence-corrected chi connectivity index (χ0v) is 17.8. The monoisotopic (exact) mass is 434 g/mol. The maximum Gasteiger partial charge on any atom is 0.243 e. The van der Waals surface area contributed by atoms with Crippen LogP contribution in [0.2, 0.25) is 0 Å². The van der Waals surface area contributed by atoms with E-state index in [4.69, 9.17) is 4.74 Å². The molecule has 0 unspecified atom stereocenters. The van der Waals surface area contributed by atoms with E-state index in [-0.39, 0.29) is 12.5 Å². The van der Waals surface area contributed by atoms with Crippen molar-refractivity contribution in [2.45, 2.75) is 17.9 Å². The first-order valence-corrected chi connectivity index (χ1v) is 11.4. The number of quaternary nitrogens is 1. The number of carbonyl (C=O) groups excluding carboxylic acids is 1. The molecule has 1 aliphatic rings. The van der Waals surface area contributed by atoms with E-state index < -0.39 is 16.1 Å². The van der Waals surface area contributed by atoms with Crippen molar-refractivity contribution < 1.29 is 28.0 Å². The normalized spacial score (nSPS) is 16.7. The number of amides is 1. The summed E-state index contributed by atoms with van der Waals surface area (Å²) in [4.78, 5) is 12.5. The van der Waals surface area contributed by atoms with Crippen LogP contribution >= 0.6 is 0 Å². The summed E-state index contributed by atoms with van der Waals surface area (Å²) in [6.07, 6.45) is -0.660. The van der Waals surface area contributed by atoms with Gasteiger partial charge in [-0.25, -0.2) is 8.42 Å². The lowest BCUT2D eigenvalue weighted by molar-refractivity contribution is -0.906. The highest BCUT2D eigenvalue weighted by Crippen LogP contribution is 2.16. The Kier molecular flexibility index (Phi) is 7.43. The average molecular weight is 435 g/mol. The van der Waals surface area contributed by atoms with Crippen LogP contribution in [-0.4, -0.2) is 69.2 Å². The van der Waals surface area contributed by atoms with Crippen LogP contribution in [0.15, 0.2) is 59.5 Å². The third kappa shape index (κ3) is 6.02. The van der Waals surface area contributed by atoms with Crippen LogP contribution in [0, 0.1) is 0 Å². The number of carbonyl (C=O) groups is 1. The van der Waals surface area contributed by atoms with Gasteiger partial charge in [-0.3, -0.25) is 4.79 Å². The van der Waals surface area contributed by atoms with Gasteiger partial charge in [-0.05, 0) is 36.4 Å². The van der Waals surface area contributed by atoms with Crippen LogP contribution in [-0.2, 0) is 14.8 Å². The van der Waals surface area contributed by atoms with E-state index in [9.17, 15) is 18.3 Å². The fourth-order valence-corrected chi connectivity index (χ4v) is 4.87. The molecule has 162 valence electrons. The Labute approximate surface area is 177 Å². The molecule has 30 heavy (non-hydrogen) atoms. The summed E-state index contributed by atoms with van der Waals surface area (Å²) in [5, 5.41) is 13.0. The smallest absolute Gasteiger partial charge is 0.243 e. The Balaban J connectivity index is 1.43. The lowest BCUT2D eigenvalue weighted by Crippen LogP contribution is -3.15. The van der Waals surface area contributed by atoms with Gasteiger partial charge in [-0.15, -0.1) is 0 Å².